The van der Waals surface area contributed by atoms with Gasteiger partial charge in [0, 0.05) is 37.7 Å². The average Bonchev–Trinajstić information content (AvgIpc) is 3.38. The minimum absolute atomic E-state index is 0.0527. The van der Waals surface area contributed by atoms with Crippen LogP contribution in [0.5, 0.6) is 0 Å². The van der Waals surface area contributed by atoms with Gasteiger partial charge in [-0.1, -0.05) is 6.07 Å². The molecule has 142 valence electrons. The van der Waals surface area contributed by atoms with E-state index in [4.69, 9.17) is 4.74 Å². The van der Waals surface area contributed by atoms with Crippen molar-refractivity contribution < 1.29 is 18.3 Å². The third-order valence-corrected chi connectivity index (χ3v) is 5.03. The van der Waals surface area contributed by atoms with E-state index in [1.807, 2.05) is 4.90 Å². The van der Waals surface area contributed by atoms with E-state index in [-0.39, 0.29) is 29.4 Å². The van der Waals surface area contributed by atoms with Crippen molar-refractivity contribution in [2.75, 3.05) is 26.7 Å². The van der Waals surface area contributed by atoms with E-state index < -0.39 is 11.6 Å². The molecule has 0 radical (unpaired) electrons. The Morgan fingerprint density at radius 2 is 2.12 bits per heavy atom. The Morgan fingerprint density at radius 1 is 1.38 bits per heavy atom. The lowest BCUT2D eigenvalue weighted by Crippen LogP contribution is -2.49. The Bertz CT molecular complexity index is 675. The number of guanidine groups is 1. The molecule has 0 bridgehead atoms. The molecule has 1 aliphatic heterocycles. The fourth-order valence-corrected chi connectivity index (χ4v) is 3.62. The molecule has 3 rings (SSSR count). The number of likely N-dealkylation sites (tertiary alicyclic amines) is 1. The highest BCUT2D eigenvalue weighted by Gasteiger charge is 2.43. The van der Waals surface area contributed by atoms with Gasteiger partial charge in [0.15, 0.2) is 5.96 Å². The number of nitrogens with one attached hydrogen (secondary N) is 1. The average molecular weight is 365 g/mol. The molecule has 0 aromatic heterocycles. The third kappa shape index (κ3) is 3.97. The van der Waals surface area contributed by atoms with E-state index in [1.54, 1.807) is 14.0 Å². The number of rotatable bonds is 4. The van der Waals surface area contributed by atoms with Crippen molar-refractivity contribution in [1.29, 1.82) is 0 Å². The molecule has 3 atom stereocenters. The van der Waals surface area contributed by atoms with Crippen LogP contribution < -0.4 is 5.32 Å². The maximum atomic E-state index is 13.9. The van der Waals surface area contributed by atoms with Crippen LogP contribution in [0.15, 0.2) is 23.2 Å². The maximum absolute atomic E-state index is 13.9. The normalized spacial score (nSPS) is 25.8. The Labute approximate surface area is 152 Å². The van der Waals surface area contributed by atoms with E-state index in [9.17, 15) is 13.6 Å². The summed E-state index contributed by atoms with van der Waals surface area (Å²) >= 11 is 0. The summed E-state index contributed by atoms with van der Waals surface area (Å²) in [6.07, 6.45) is 2.34. The molecule has 0 spiro atoms. The van der Waals surface area contributed by atoms with Crippen LogP contribution >= 0.6 is 0 Å². The number of ether oxygens (including phenoxy) is 1. The number of aliphatic imine (C=N–C) groups is 1. The van der Waals surface area contributed by atoms with Crippen molar-refractivity contribution in [3.63, 3.8) is 0 Å². The van der Waals surface area contributed by atoms with Gasteiger partial charge in [-0.15, -0.1) is 0 Å². The zero-order valence-electron chi connectivity index (χ0n) is 15.2. The fourth-order valence-electron chi connectivity index (χ4n) is 3.62. The predicted molar refractivity (Wildman–Crippen MR) is 94.9 cm³/mol. The lowest BCUT2D eigenvalue weighted by atomic mass is 9.98. The highest BCUT2D eigenvalue weighted by Crippen LogP contribution is 2.43. The van der Waals surface area contributed by atoms with Gasteiger partial charge in [-0.05, 0) is 38.3 Å². The molecule has 1 saturated carbocycles. The summed E-state index contributed by atoms with van der Waals surface area (Å²) in [6.45, 7) is 3.51. The first kappa shape index (κ1) is 18.6. The van der Waals surface area contributed by atoms with Gasteiger partial charge in [0.25, 0.3) is 0 Å². The van der Waals surface area contributed by atoms with Crippen LogP contribution in [0, 0.1) is 17.6 Å². The molecule has 2 aliphatic rings. The highest BCUT2D eigenvalue weighted by molar-refractivity contribution is 5.82. The molecule has 1 heterocycles. The smallest absolute Gasteiger partial charge is 0.310 e. The first-order chi connectivity index (χ1) is 12.5. The summed E-state index contributed by atoms with van der Waals surface area (Å²) in [4.78, 5) is 18.3. The Morgan fingerprint density at radius 3 is 2.77 bits per heavy atom. The van der Waals surface area contributed by atoms with Crippen molar-refractivity contribution >= 4 is 11.9 Å². The standard InChI is InChI=1S/C19H25F2N3O2/c1-3-26-18(25)12-6-5-9-24(11-12)19(22-2)23-16-10-13(16)17-14(20)7-4-8-15(17)21/h4,7-8,12-13,16H,3,5-6,9-11H2,1-2H3,(H,22,23)/t12-,13?,16?/m1/s1. The number of hydrogen-bond acceptors (Lipinski definition) is 3. The molecule has 1 N–H and O–H groups in total. The van der Waals surface area contributed by atoms with Gasteiger partial charge in [0.2, 0.25) is 0 Å². The zero-order chi connectivity index (χ0) is 18.7. The van der Waals surface area contributed by atoms with E-state index in [0.717, 1.165) is 19.4 Å². The molecule has 2 fully saturated rings. The molecular formula is C19H25F2N3O2. The van der Waals surface area contributed by atoms with Gasteiger partial charge in [0.05, 0.1) is 12.5 Å². The summed E-state index contributed by atoms with van der Waals surface area (Å²) in [5, 5.41) is 3.30. The minimum atomic E-state index is -0.505. The fraction of sp³-hybridized carbons (Fsp3) is 0.579. The number of piperidine rings is 1. The summed E-state index contributed by atoms with van der Waals surface area (Å²) in [7, 11) is 1.68. The van der Waals surface area contributed by atoms with Gasteiger partial charge >= 0.3 is 5.97 Å². The number of halogens is 2. The molecule has 1 aromatic rings. The number of hydrogen-bond donors (Lipinski definition) is 1. The van der Waals surface area contributed by atoms with Crippen molar-refractivity contribution in [3.8, 4) is 0 Å². The molecule has 1 saturated heterocycles. The van der Waals surface area contributed by atoms with E-state index >= 15 is 0 Å². The second kappa shape index (κ2) is 8.01. The van der Waals surface area contributed by atoms with Crippen molar-refractivity contribution in [1.82, 2.24) is 10.2 Å². The summed E-state index contributed by atoms with van der Waals surface area (Å²) in [6, 6.07) is 3.90. The van der Waals surface area contributed by atoms with Crippen molar-refractivity contribution in [2.45, 2.75) is 38.1 Å². The second-order valence-electron chi connectivity index (χ2n) is 6.81. The zero-order valence-corrected chi connectivity index (χ0v) is 15.2. The molecule has 5 nitrogen and oxygen atoms in total. The Kier molecular flexibility index (Phi) is 5.74. The molecule has 2 unspecified atom stereocenters. The van der Waals surface area contributed by atoms with Crippen LogP contribution in [-0.4, -0.2) is 49.6 Å². The predicted octanol–water partition coefficient (Wildman–Crippen LogP) is 2.67. The molecule has 1 aliphatic carbocycles. The van der Waals surface area contributed by atoms with Crippen LogP contribution in [-0.2, 0) is 9.53 Å². The van der Waals surface area contributed by atoms with E-state index in [0.29, 0.717) is 25.5 Å². The molecule has 26 heavy (non-hydrogen) atoms. The lowest BCUT2D eigenvalue weighted by Gasteiger charge is -2.34. The third-order valence-electron chi connectivity index (χ3n) is 5.03. The Hall–Kier alpha value is -2.18. The van der Waals surface area contributed by atoms with Gasteiger partial charge in [-0.3, -0.25) is 9.79 Å². The highest BCUT2D eigenvalue weighted by atomic mass is 19.1. The van der Waals surface area contributed by atoms with Gasteiger partial charge in [-0.2, -0.15) is 0 Å². The van der Waals surface area contributed by atoms with Crippen molar-refractivity contribution in [3.05, 3.63) is 35.4 Å². The van der Waals surface area contributed by atoms with Gasteiger partial charge < -0.3 is 15.0 Å². The summed E-state index contributed by atoms with van der Waals surface area (Å²) < 4.78 is 33.0. The number of carbonyl (C=O) groups excluding carboxylic acids is 1. The van der Waals surface area contributed by atoms with E-state index in [2.05, 4.69) is 10.3 Å². The number of carbonyl (C=O) groups is 1. The number of esters is 1. The topological polar surface area (TPSA) is 53.9 Å². The first-order valence-corrected chi connectivity index (χ1v) is 9.14. The monoisotopic (exact) mass is 365 g/mol. The molecule has 0 amide bonds. The number of benzene rings is 1. The quantitative estimate of drug-likeness (QED) is 0.506. The SMILES string of the molecule is CCOC(=O)[C@@H]1CCCN(C(=NC)NC2CC2c2c(F)cccc2F)C1. The van der Waals surface area contributed by atoms with Crippen LogP contribution in [0.25, 0.3) is 0 Å². The first-order valence-electron chi connectivity index (χ1n) is 9.14. The van der Waals surface area contributed by atoms with E-state index in [1.165, 1.54) is 18.2 Å². The van der Waals surface area contributed by atoms with Crippen LogP contribution in [0.3, 0.4) is 0 Å². The number of nitrogens with zero attached hydrogens (tertiary/aromatic N) is 2. The summed E-state index contributed by atoms with van der Waals surface area (Å²) in [5.41, 5.74) is 0.142. The lowest BCUT2D eigenvalue weighted by molar-refractivity contribution is -0.149. The van der Waals surface area contributed by atoms with Crippen LogP contribution in [0.4, 0.5) is 8.78 Å². The molecule has 7 heteroatoms. The molecule has 1 aromatic carbocycles. The van der Waals surface area contributed by atoms with Gasteiger partial charge in [-0.25, -0.2) is 8.78 Å². The van der Waals surface area contributed by atoms with Gasteiger partial charge in [0.1, 0.15) is 11.6 Å². The largest absolute Gasteiger partial charge is 0.466 e. The second-order valence-corrected chi connectivity index (χ2v) is 6.81. The molecular weight excluding hydrogens is 340 g/mol. The van der Waals surface area contributed by atoms with Crippen molar-refractivity contribution in [2.24, 2.45) is 10.9 Å². The van der Waals surface area contributed by atoms with Crippen LogP contribution in [0.1, 0.15) is 37.7 Å². The summed E-state index contributed by atoms with van der Waals surface area (Å²) in [5.74, 6) is -0.877. The Balaban J connectivity index is 1.61. The minimum Gasteiger partial charge on any atom is -0.466 e. The maximum Gasteiger partial charge on any atom is 0.310 e. The van der Waals surface area contributed by atoms with Crippen LogP contribution in [0.2, 0.25) is 0 Å².